The van der Waals surface area contributed by atoms with Crippen molar-refractivity contribution >= 4 is 11.6 Å². The Morgan fingerprint density at radius 2 is 2.00 bits per heavy atom. The summed E-state index contributed by atoms with van der Waals surface area (Å²) in [6, 6.07) is 0.246. The quantitative estimate of drug-likeness (QED) is 0.733. The van der Waals surface area contributed by atoms with Gasteiger partial charge in [0.2, 0.25) is 0 Å². The average molecular weight is 231 g/mol. The van der Waals surface area contributed by atoms with Gasteiger partial charge < -0.3 is 0 Å². The Labute approximate surface area is 93.0 Å². The van der Waals surface area contributed by atoms with Gasteiger partial charge in [0, 0.05) is 5.88 Å². The van der Waals surface area contributed by atoms with Crippen LogP contribution in [0.4, 0.5) is 0 Å². The van der Waals surface area contributed by atoms with Gasteiger partial charge in [0.15, 0.2) is 0 Å². The lowest BCUT2D eigenvalue weighted by molar-refractivity contribution is 0.317. The van der Waals surface area contributed by atoms with Crippen LogP contribution >= 0.6 is 11.6 Å². The molecular formula is C9H15ClN4O. The first-order valence-electron chi connectivity index (χ1n) is 5.41. The Morgan fingerprint density at radius 1 is 1.27 bits per heavy atom. The molecule has 1 aliphatic carbocycles. The Morgan fingerprint density at radius 3 is 2.67 bits per heavy atom. The molecule has 0 aromatic carbocycles. The summed E-state index contributed by atoms with van der Waals surface area (Å²) >= 11 is 5.57. The van der Waals surface area contributed by atoms with Crippen LogP contribution in [0.25, 0.3) is 0 Å². The second-order valence-electron chi connectivity index (χ2n) is 3.91. The van der Waals surface area contributed by atoms with E-state index >= 15 is 0 Å². The zero-order chi connectivity index (χ0) is 10.7. The fraction of sp³-hybridized carbons (Fsp3) is 0.889. The van der Waals surface area contributed by atoms with Crippen LogP contribution in [-0.2, 0) is 6.54 Å². The van der Waals surface area contributed by atoms with E-state index < -0.39 is 0 Å². The first-order chi connectivity index (χ1) is 7.33. The number of hydrogen-bond acceptors (Lipinski definition) is 3. The van der Waals surface area contributed by atoms with E-state index in [1.807, 2.05) is 0 Å². The Bertz CT molecular complexity index is 366. The first-order valence-corrected chi connectivity index (χ1v) is 5.94. The molecular weight excluding hydrogens is 216 g/mol. The molecule has 0 unspecified atom stereocenters. The molecule has 0 N–H and O–H groups in total. The van der Waals surface area contributed by atoms with Gasteiger partial charge in [-0.25, -0.2) is 4.79 Å². The third-order valence-corrected chi connectivity index (χ3v) is 3.05. The second kappa shape index (κ2) is 4.79. The molecule has 1 aliphatic rings. The van der Waals surface area contributed by atoms with Crippen molar-refractivity contribution in [3.05, 3.63) is 10.5 Å². The molecule has 0 radical (unpaired) electrons. The predicted octanol–water partition coefficient (Wildman–Crippen LogP) is 1.18. The van der Waals surface area contributed by atoms with Crippen molar-refractivity contribution in [3.8, 4) is 0 Å². The summed E-state index contributed by atoms with van der Waals surface area (Å²) < 4.78 is 2.85. The lowest BCUT2D eigenvalue weighted by Crippen LogP contribution is -2.29. The highest BCUT2D eigenvalue weighted by Crippen LogP contribution is 2.25. The summed E-state index contributed by atoms with van der Waals surface area (Å²) in [7, 11) is 0. The lowest BCUT2D eigenvalue weighted by atomic mass is 9.96. The van der Waals surface area contributed by atoms with Crippen molar-refractivity contribution in [2.75, 3.05) is 5.88 Å². The first kappa shape index (κ1) is 10.7. The molecule has 84 valence electrons. The van der Waals surface area contributed by atoms with Gasteiger partial charge in [0.1, 0.15) is 0 Å². The molecule has 2 rings (SSSR count). The largest absolute Gasteiger partial charge is 0.363 e. The second-order valence-corrected chi connectivity index (χ2v) is 4.29. The number of halogens is 1. The normalized spacial score (nSPS) is 18.2. The Kier molecular flexibility index (Phi) is 3.41. The SMILES string of the molecule is O=c1n(CCCl)nnn1C1CCCCC1. The molecule has 6 heteroatoms. The molecule has 1 fully saturated rings. The molecule has 1 saturated carbocycles. The van der Waals surface area contributed by atoms with Crippen molar-refractivity contribution < 1.29 is 0 Å². The van der Waals surface area contributed by atoms with Crippen molar-refractivity contribution in [1.82, 2.24) is 19.8 Å². The van der Waals surface area contributed by atoms with Crippen molar-refractivity contribution in [3.63, 3.8) is 0 Å². The van der Waals surface area contributed by atoms with Gasteiger partial charge in [-0.3, -0.25) is 0 Å². The number of rotatable bonds is 3. The summed E-state index contributed by atoms with van der Waals surface area (Å²) in [5.41, 5.74) is -0.123. The molecule has 0 atom stereocenters. The fourth-order valence-corrected chi connectivity index (χ4v) is 2.22. The third kappa shape index (κ3) is 2.22. The topological polar surface area (TPSA) is 52.7 Å². The van der Waals surface area contributed by atoms with E-state index in [0.717, 1.165) is 12.8 Å². The standard InChI is InChI=1S/C9H15ClN4O/c10-6-7-13-9(15)14(12-11-13)8-4-2-1-3-5-8/h8H,1-7H2. The van der Waals surface area contributed by atoms with Crippen LogP contribution in [-0.4, -0.2) is 25.7 Å². The molecule has 0 saturated heterocycles. The zero-order valence-electron chi connectivity index (χ0n) is 8.60. The highest BCUT2D eigenvalue weighted by Gasteiger charge is 2.19. The van der Waals surface area contributed by atoms with Crippen LogP contribution < -0.4 is 5.69 Å². The summed E-state index contributed by atoms with van der Waals surface area (Å²) in [5.74, 6) is 0.392. The molecule has 1 heterocycles. The molecule has 15 heavy (non-hydrogen) atoms. The molecule has 0 amide bonds. The maximum atomic E-state index is 11.8. The van der Waals surface area contributed by atoms with E-state index in [1.54, 1.807) is 0 Å². The van der Waals surface area contributed by atoms with Gasteiger partial charge in [0.05, 0.1) is 12.6 Å². The molecule has 0 aliphatic heterocycles. The van der Waals surface area contributed by atoms with Gasteiger partial charge in [-0.1, -0.05) is 19.3 Å². The van der Waals surface area contributed by atoms with Crippen molar-refractivity contribution in [1.29, 1.82) is 0 Å². The number of alkyl halides is 1. The fourth-order valence-electron chi connectivity index (χ4n) is 2.06. The van der Waals surface area contributed by atoms with Crippen LogP contribution in [0.15, 0.2) is 4.79 Å². The minimum Gasteiger partial charge on any atom is -0.244 e. The minimum absolute atomic E-state index is 0.123. The van der Waals surface area contributed by atoms with Crippen LogP contribution in [0.1, 0.15) is 38.1 Å². The number of hydrogen-bond donors (Lipinski definition) is 0. The molecule has 0 bridgehead atoms. The van der Waals surface area contributed by atoms with E-state index in [4.69, 9.17) is 11.6 Å². The Hall–Kier alpha value is -0.840. The number of aromatic nitrogens is 4. The smallest absolute Gasteiger partial charge is 0.244 e. The highest BCUT2D eigenvalue weighted by atomic mass is 35.5. The monoisotopic (exact) mass is 230 g/mol. The third-order valence-electron chi connectivity index (χ3n) is 2.88. The molecule has 1 aromatic heterocycles. The molecule has 1 aromatic rings. The van der Waals surface area contributed by atoms with Crippen LogP contribution in [0.5, 0.6) is 0 Å². The van der Waals surface area contributed by atoms with Gasteiger partial charge in [-0.15, -0.1) is 11.6 Å². The maximum Gasteiger partial charge on any atom is 0.363 e. The van der Waals surface area contributed by atoms with Crippen LogP contribution in [0.3, 0.4) is 0 Å². The van der Waals surface area contributed by atoms with Gasteiger partial charge in [0.25, 0.3) is 0 Å². The van der Waals surface area contributed by atoms with E-state index in [9.17, 15) is 4.79 Å². The predicted molar refractivity (Wildman–Crippen MR) is 57.1 cm³/mol. The van der Waals surface area contributed by atoms with Gasteiger partial charge >= 0.3 is 5.69 Å². The Balaban J connectivity index is 2.17. The minimum atomic E-state index is -0.123. The molecule has 0 spiro atoms. The van der Waals surface area contributed by atoms with E-state index in [1.165, 1.54) is 28.6 Å². The number of tetrazole rings is 1. The summed E-state index contributed by atoms with van der Waals surface area (Å²) in [4.78, 5) is 11.8. The molecule has 5 nitrogen and oxygen atoms in total. The van der Waals surface area contributed by atoms with E-state index in [2.05, 4.69) is 10.4 Å². The van der Waals surface area contributed by atoms with Crippen molar-refractivity contribution in [2.45, 2.75) is 44.7 Å². The summed E-state index contributed by atoms with van der Waals surface area (Å²) in [6.45, 7) is 0.438. The van der Waals surface area contributed by atoms with Crippen LogP contribution in [0.2, 0.25) is 0 Å². The number of nitrogens with zero attached hydrogens (tertiary/aromatic N) is 4. The summed E-state index contributed by atoms with van der Waals surface area (Å²) in [5, 5.41) is 7.73. The van der Waals surface area contributed by atoms with Crippen LogP contribution in [0, 0.1) is 0 Å². The average Bonchev–Trinajstić information content (AvgIpc) is 2.63. The van der Waals surface area contributed by atoms with E-state index in [0.29, 0.717) is 12.4 Å². The van der Waals surface area contributed by atoms with Gasteiger partial charge in [-0.2, -0.15) is 9.36 Å². The number of aryl methyl sites for hydroxylation is 1. The maximum absolute atomic E-state index is 11.8. The van der Waals surface area contributed by atoms with E-state index in [-0.39, 0.29) is 11.7 Å². The zero-order valence-corrected chi connectivity index (χ0v) is 9.36. The summed E-state index contributed by atoms with van der Waals surface area (Å²) in [6.07, 6.45) is 5.71. The van der Waals surface area contributed by atoms with Crippen molar-refractivity contribution in [2.24, 2.45) is 0 Å². The van der Waals surface area contributed by atoms with Gasteiger partial charge in [-0.05, 0) is 23.3 Å². The highest BCUT2D eigenvalue weighted by molar-refractivity contribution is 6.17. The lowest BCUT2D eigenvalue weighted by Gasteiger charge is -2.19.